The first-order chi connectivity index (χ1) is 17.1. The minimum Gasteiger partial charge on any atom is -0.873 e. The first-order valence-corrected chi connectivity index (χ1v) is 12.9. The van der Waals surface area contributed by atoms with Gasteiger partial charge in [-0.3, -0.25) is 4.79 Å². The van der Waals surface area contributed by atoms with E-state index in [0.717, 1.165) is 54.6 Å². The average Bonchev–Trinajstić information content (AvgIpc) is 3.16. The van der Waals surface area contributed by atoms with Crippen LogP contribution in [0.4, 0.5) is 5.69 Å². The van der Waals surface area contributed by atoms with Gasteiger partial charge in [0.15, 0.2) is 0 Å². The smallest absolute Gasteiger partial charge is 0.257 e. The predicted molar refractivity (Wildman–Crippen MR) is 143 cm³/mol. The second kappa shape index (κ2) is 11.8. The van der Waals surface area contributed by atoms with Gasteiger partial charge in [0, 0.05) is 35.8 Å². The van der Waals surface area contributed by atoms with Crippen LogP contribution in [0.15, 0.2) is 94.4 Å². The number of hydrogen-bond donors (Lipinski definition) is 3. The quantitative estimate of drug-likeness (QED) is 0.399. The van der Waals surface area contributed by atoms with Gasteiger partial charge in [0.1, 0.15) is 0 Å². The van der Waals surface area contributed by atoms with Crippen LogP contribution < -0.4 is 21.9 Å². The molecule has 2 aliphatic heterocycles. The molecule has 0 saturated carbocycles. The van der Waals surface area contributed by atoms with Crippen molar-refractivity contribution in [3.8, 4) is 0 Å². The number of hydrogen-bond acceptors (Lipinski definition) is 6. The Kier molecular flexibility index (Phi) is 8.59. The molecule has 5 N–H and O–H groups in total. The van der Waals surface area contributed by atoms with Crippen LogP contribution in [0.3, 0.4) is 0 Å². The molecular formula is C28H29ClN3O3S-. The third kappa shape index (κ3) is 5.71. The first-order valence-electron chi connectivity index (χ1n) is 11.7. The molecule has 6 nitrogen and oxygen atoms in total. The lowest BCUT2D eigenvalue weighted by Gasteiger charge is -2.30. The summed E-state index contributed by atoms with van der Waals surface area (Å²) in [4.78, 5) is 13.8. The van der Waals surface area contributed by atoms with E-state index in [4.69, 9.17) is 16.3 Å². The molecule has 0 bridgehead atoms. The number of carbonyl (C=O) groups excluding carboxylic acids is 1. The number of rotatable bonds is 7. The summed E-state index contributed by atoms with van der Waals surface area (Å²) in [5, 5.41) is 20.6. The fourth-order valence-electron chi connectivity index (χ4n) is 4.60. The van der Waals surface area contributed by atoms with Gasteiger partial charge in [-0.1, -0.05) is 83.7 Å². The number of nitrogens with one attached hydrogen (secondary N) is 2. The van der Waals surface area contributed by atoms with Gasteiger partial charge in [-0.2, -0.15) is 0 Å². The lowest BCUT2D eigenvalue weighted by atomic mass is 9.84. The van der Waals surface area contributed by atoms with E-state index in [1.54, 1.807) is 6.07 Å². The summed E-state index contributed by atoms with van der Waals surface area (Å²) in [7, 11) is 0. The molecule has 3 aromatic carbocycles. The second-order valence-electron chi connectivity index (χ2n) is 8.72. The SMILES string of the molecule is N.O=C1NC(C(c2ccccc2)c2ccc(NC3CCOCC3)cc2)C([O-])=C1Sc1ccccc1Cl. The van der Waals surface area contributed by atoms with Gasteiger partial charge < -0.3 is 26.6 Å². The Bertz CT molecular complexity index is 1210. The molecule has 1 fully saturated rings. The van der Waals surface area contributed by atoms with Crippen LogP contribution in [0.2, 0.25) is 5.02 Å². The molecule has 0 aliphatic carbocycles. The number of benzene rings is 3. The number of ether oxygens (including phenoxy) is 1. The second-order valence-corrected chi connectivity index (χ2v) is 10.2. The molecule has 0 aromatic heterocycles. The Morgan fingerprint density at radius 1 is 0.944 bits per heavy atom. The van der Waals surface area contributed by atoms with Crippen LogP contribution in [0, 0.1) is 0 Å². The Labute approximate surface area is 220 Å². The summed E-state index contributed by atoms with van der Waals surface area (Å²) in [5.74, 6) is -0.879. The molecule has 0 spiro atoms. The number of thioether (sulfide) groups is 1. The summed E-state index contributed by atoms with van der Waals surface area (Å²) in [5.41, 5.74) is 2.98. The van der Waals surface area contributed by atoms with Gasteiger partial charge in [0.2, 0.25) is 0 Å². The van der Waals surface area contributed by atoms with Gasteiger partial charge in [-0.05, 0) is 48.2 Å². The van der Waals surface area contributed by atoms with E-state index in [-0.39, 0.29) is 28.6 Å². The van der Waals surface area contributed by atoms with Gasteiger partial charge in [0.25, 0.3) is 5.91 Å². The van der Waals surface area contributed by atoms with E-state index in [9.17, 15) is 9.90 Å². The van der Waals surface area contributed by atoms with Crippen molar-refractivity contribution in [2.75, 3.05) is 18.5 Å². The standard InChI is InChI=1S/C28H27ClN2O3S.H3N/c29-22-8-4-5-9-23(22)35-27-26(32)25(31-28(27)33)24(18-6-2-1-3-7-18)19-10-12-20(13-11-19)30-21-14-16-34-17-15-21;/h1-13,21,24-25,30,32H,14-17H2,(H,31,33);1H3/p-1. The lowest BCUT2D eigenvalue weighted by molar-refractivity contribution is -0.309. The molecule has 3 aromatic rings. The largest absolute Gasteiger partial charge is 0.873 e. The number of carbonyl (C=O) groups is 1. The van der Waals surface area contributed by atoms with Crippen LogP contribution in [0.25, 0.3) is 0 Å². The van der Waals surface area contributed by atoms with Crippen molar-refractivity contribution < 1.29 is 14.6 Å². The first kappa shape index (κ1) is 26.1. The van der Waals surface area contributed by atoms with E-state index in [2.05, 4.69) is 10.6 Å². The van der Waals surface area contributed by atoms with Crippen LogP contribution in [0.5, 0.6) is 0 Å². The zero-order chi connectivity index (χ0) is 24.2. The van der Waals surface area contributed by atoms with Crippen LogP contribution in [-0.2, 0) is 9.53 Å². The molecule has 2 atom stereocenters. The highest BCUT2D eigenvalue weighted by Crippen LogP contribution is 2.40. The van der Waals surface area contributed by atoms with E-state index in [1.807, 2.05) is 72.8 Å². The number of halogens is 1. The Hall–Kier alpha value is -2.97. The van der Waals surface area contributed by atoms with E-state index in [0.29, 0.717) is 16.0 Å². The molecule has 36 heavy (non-hydrogen) atoms. The molecule has 188 valence electrons. The molecule has 1 amide bonds. The van der Waals surface area contributed by atoms with Gasteiger partial charge in [-0.25, -0.2) is 0 Å². The van der Waals surface area contributed by atoms with E-state index < -0.39 is 6.04 Å². The predicted octanol–water partition coefficient (Wildman–Crippen LogP) is 5.09. The fourth-order valence-corrected chi connectivity index (χ4v) is 5.76. The molecule has 1 saturated heterocycles. The van der Waals surface area contributed by atoms with Crippen LogP contribution >= 0.6 is 23.4 Å². The highest BCUT2D eigenvalue weighted by molar-refractivity contribution is 8.04. The summed E-state index contributed by atoms with van der Waals surface area (Å²) in [6.07, 6.45) is 1.97. The monoisotopic (exact) mass is 522 g/mol. The third-order valence-corrected chi connectivity index (χ3v) is 8.01. The summed E-state index contributed by atoms with van der Waals surface area (Å²) in [6, 6.07) is 25.0. The maximum atomic E-state index is 13.5. The summed E-state index contributed by atoms with van der Waals surface area (Å²) < 4.78 is 5.45. The van der Waals surface area contributed by atoms with Crippen molar-refractivity contribution in [3.05, 3.63) is 106 Å². The van der Waals surface area contributed by atoms with Crippen molar-refractivity contribution in [3.63, 3.8) is 0 Å². The zero-order valence-corrected chi connectivity index (χ0v) is 21.4. The summed E-state index contributed by atoms with van der Waals surface area (Å²) >= 11 is 7.41. The van der Waals surface area contributed by atoms with Crippen molar-refractivity contribution in [1.29, 1.82) is 0 Å². The molecule has 2 heterocycles. The Morgan fingerprint density at radius 2 is 1.58 bits per heavy atom. The van der Waals surface area contributed by atoms with E-state index in [1.165, 1.54) is 0 Å². The number of amides is 1. The van der Waals surface area contributed by atoms with Crippen LogP contribution in [-0.4, -0.2) is 31.2 Å². The molecule has 0 radical (unpaired) electrons. The highest BCUT2D eigenvalue weighted by atomic mass is 35.5. The highest BCUT2D eigenvalue weighted by Gasteiger charge is 2.34. The van der Waals surface area contributed by atoms with Crippen molar-refractivity contribution in [2.24, 2.45) is 0 Å². The Balaban J connectivity index is 0.00000304. The number of anilines is 1. The third-order valence-electron chi connectivity index (χ3n) is 6.40. The molecule has 8 heteroatoms. The average molecular weight is 523 g/mol. The minimum absolute atomic E-state index is 0. The molecular weight excluding hydrogens is 494 g/mol. The Morgan fingerprint density at radius 3 is 2.28 bits per heavy atom. The van der Waals surface area contributed by atoms with Crippen LogP contribution in [0.1, 0.15) is 29.9 Å². The van der Waals surface area contributed by atoms with Gasteiger partial charge in [0.05, 0.1) is 16.0 Å². The maximum Gasteiger partial charge on any atom is 0.257 e. The maximum absolute atomic E-state index is 13.5. The van der Waals surface area contributed by atoms with E-state index >= 15 is 0 Å². The molecule has 2 aliphatic rings. The van der Waals surface area contributed by atoms with Crippen molar-refractivity contribution >= 4 is 35.0 Å². The van der Waals surface area contributed by atoms with Crippen molar-refractivity contribution in [1.82, 2.24) is 11.5 Å². The molecule has 2 unspecified atom stereocenters. The topological polar surface area (TPSA) is 108 Å². The van der Waals surface area contributed by atoms with Gasteiger partial charge >= 0.3 is 0 Å². The minimum atomic E-state index is -0.691. The summed E-state index contributed by atoms with van der Waals surface area (Å²) in [6.45, 7) is 1.56. The molecule has 5 rings (SSSR count). The lowest BCUT2D eigenvalue weighted by Crippen LogP contribution is -2.37. The zero-order valence-electron chi connectivity index (χ0n) is 19.8. The normalized spacial score (nSPS) is 18.9. The van der Waals surface area contributed by atoms with Gasteiger partial charge in [-0.15, -0.1) is 0 Å². The van der Waals surface area contributed by atoms with Crippen molar-refractivity contribution in [2.45, 2.75) is 35.7 Å². The fraction of sp³-hybridized carbons (Fsp3) is 0.250.